The summed E-state index contributed by atoms with van der Waals surface area (Å²) in [5, 5.41) is 0.323. The van der Waals surface area contributed by atoms with Crippen molar-refractivity contribution in [3.8, 4) is 11.4 Å². The Labute approximate surface area is 161 Å². The molecule has 0 aliphatic heterocycles. The van der Waals surface area contributed by atoms with Gasteiger partial charge in [0, 0.05) is 34.6 Å². The summed E-state index contributed by atoms with van der Waals surface area (Å²) < 4.78 is 14.2. The third-order valence-corrected chi connectivity index (χ3v) is 4.92. The van der Waals surface area contributed by atoms with Crippen LogP contribution in [0.4, 0.5) is 4.39 Å². The van der Waals surface area contributed by atoms with Crippen LogP contribution in [0.15, 0.2) is 60.9 Å². The normalized spacial score (nSPS) is 13.4. The van der Waals surface area contributed by atoms with Gasteiger partial charge >= 0.3 is 0 Å². The third kappa shape index (κ3) is 3.83. The minimum absolute atomic E-state index is 0.0990. The molecule has 4 rings (SSSR count). The molecule has 1 aliphatic carbocycles. The number of benzene rings is 2. The first kappa shape index (κ1) is 17.6. The molecule has 0 radical (unpaired) electrons. The molecule has 0 saturated heterocycles. The van der Waals surface area contributed by atoms with E-state index in [1.54, 1.807) is 17.0 Å². The summed E-state index contributed by atoms with van der Waals surface area (Å²) >= 11 is 6.14. The van der Waals surface area contributed by atoms with E-state index < -0.39 is 5.82 Å². The van der Waals surface area contributed by atoms with Crippen molar-refractivity contribution in [3.63, 3.8) is 0 Å². The molecule has 1 aliphatic rings. The highest BCUT2D eigenvalue weighted by Crippen LogP contribution is 2.32. The Morgan fingerprint density at radius 3 is 2.41 bits per heavy atom. The number of halogens is 2. The van der Waals surface area contributed by atoms with Crippen LogP contribution in [0.2, 0.25) is 5.02 Å². The van der Waals surface area contributed by atoms with E-state index in [9.17, 15) is 9.18 Å². The van der Waals surface area contributed by atoms with Gasteiger partial charge in [0.2, 0.25) is 0 Å². The lowest BCUT2D eigenvalue weighted by molar-refractivity contribution is 0.0727. The molecule has 0 bridgehead atoms. The lowest BCUT2D eigenvalue weighted by atomic mass is 10.1. The standard InChI is InChI=1S/C21H17ClFN3O/c22-18-7-4-8-19(23)17(18)13-26(16-9-10-16)21(27)15-11-24-20(25-12-15)14-5-2-1-3-6-14/h1-8,11-12,16H,9-10,13H2. The summed E-state index contributed by atoms with van der Waals surface area (Å²) in [7, 11) is 0. The smallest absolute Gasteiger partial charge is 0.257 e. The fourth-order valence-corrected chi connectivity index (χ4v) is 3.17. The predicted molar refractivity (Wildman–Crippen MR) is 102 cm³/mol. The van der Waals surface area contributed by atoms with Gasteiger partial charge < -0.3 is 4.90 Å². The molecule has 1 aromatic heterocycles. The van der Waals surface area contributed by atoms with E-state index in [1.165, 1.54) is 18.5 Å². The summed E-state index contributed by atoms with van der Waals surface area (Å²) in [6.07, 6.45) is 4.85. The fourth-order valence-electron chi connectivity index (χ4n) is 2.95. The summed E-state index contributed by atoms with van der Waals surface area (Å²) in [5.41, 5.74) is 1.60. The summed E-state index contributed by atoms with van der Waals surface area (Å²) in [4.78, 5) is 23.3. The molecular weight excluding hydrogens is 365 g/mol. The molecule has 1 fully saturated rings. The zero-order valence-corrected chi connectivity index (χ0v) is 15.2. The van der Waals surface area contributed by atoms with Crippen molar-refractivity contribution in [2.75, 3.05) is 0 Å². The maximum atomic E-state index is 14.2. The van der Waals surface area contributed by atoms with Crippen LogP contribution in [0, 0.1) is 5.82 Å². The molecule has 0 spiro atoms. The Bertz CT molecular complexity index is 939. The number of hydrogen-bond donors (Lipinski definition) is 0. The van der Waals surface area contributed by atoms with E-state index in [-0.39, 0.29) is 18.5 Å². The Hall–Kier alpha value is -2.79. The van der Waals surface area contributed by atoms with Gasteiger partial charge in [0.15, 0.2) is 5.82 Å². The van der Waals surface area contributed by atoms with Crippen LogP contribution in [0.5, 0.6) is 0 Å². The molecule has 27 heavy (non-hydrogen) atoms. The second-order valence-electron chi connectivity index (χ2n) is 6.53. The summed E-state index contributed by atoms with van der Waals surface area (Å²) in [6, 6.07) is 14.2. The summed E-state index contributed by atoms with van der Waals surface area (Å²) in [6.45, 7) is 0.134. The SMILES string of the molecule is O=C(c1cnc(-c2ccccc2)nc1)N(Cc1c(F)cccc1Cl)C1CC1. The highest BCUT2D eigenvalue weighted by molar-refractivity contribution is 6.31. The lowest BCUT2D eigenvalue weighted by Gasteiger charge is -2.23. The van der Waals surface area contributed by atoms with Crippen molar-refractivity contribution < 1.29 is 9.18 Å². The molecule has 0 unspecified atom stereocenters. The first-order valence-corrected chi connectivity index (χ1v) is 9.12. The number of hydrogen-bond acceptors (Lipinski definition) is 3. The van der Waals surface area contributed by atoms with Gasteiger partial charge in [-0.1, -0.05) is 48.0 Å². The van der Waals surface area contributed by atoms with Crippen molar-refractivity contribution >= 4 is 17.5 Å². The number of rotatable bonds is 5. The van der Waals surface area contributed by atoms with E-state index in [0.29, 0.717) is 22.0 Å². The van der Waals surface area contributed by atoms with Crippen LogP contribution >= 0.6 is 11.6 Å². The first-order chi connectivity index (χ1) is 13.1. The molecule has 6 heteroatoms. The van der Waals surface area contributed by atoms with Gasteiger partial charge in [0.05, 0.1) is 12.1 Å². The highest BCUT2D eigenvalue weighted by Gasteiger charge is 2.34. The van der Waals surface area contributed by atoms with Gasteiger partial charge in [-0.3, -0.25) is 4.79 Å². The van der Waals surface area contributed by atoms with Crippen molar-refractivity contribution in [1.82, 2.24) is 14.9 Å². The second kappa shape index (κ2) is 7.45. The second-order valence-corrected chi connectivity index (χ2v) is 6.93. The topological polar surface area (TPSA) is 46.1 Å². The number of nitrogens with zero attached hydrogens (tertiary/aromatic N) is 3. The van der Waals surface area contributed by atoms with Gasteiger partial charge in [0.1, 0.15) is 5.82 Å². The Morgan fingerprint density at radius 2 is 1.78 bits per heavy atom. The lowest BCUT2D eigenvalue weighted by Crippen LogP contribution is -2.33. The molecule has 4 nitrogen and oxygen atoms in total. The van der Waals surface area contributed by atoms with Crippen molar-refractivity contribution in [2.24, 2.45) is 0 Å². The Balaban J connectivity index is 1.58. The van der Waals surface area contributed by atoms with E-state index in [1.807, 2.05) is 30.3 Å². The molecule has 1 saturated carbocycles. The van der Waals surface area contributed by atoms with Crippen molar-refractivity contribution in [2.45, 2.75) is 25.4 Å². The monoisotopic (exact) mass is 381 g/mol. The van der Waals surface area contributed by atoms with Gasteiger partial charge in [-0.05, 0) is 25.0 Å². The largest absolute Gasteiger partial charge is 0.331 e. The Kier molecular flexibility index (Phi) is 4.86. The number of aromatic nitrogens is 2. The first-order valence-electron chi connectivity index (χ1n) is 8.75. The van der Waals surface area contributed by atoms with E-state index in [4.69, 9.17) is 11.6 Å². The molecule has 1 heterocycles. The average molecular weight is 382 g/mol. The summed E-state index contributed by atoms with van der Waals surface area (Å²) in [5.74, 6) is -0.0599. The van der Waals surface area contributed by atoms with Crippen LogP contribution in [-0.4, -0.2) is 26.8 Å². The van der Waals surface area contributed by atoms with Crippen LogP contribution in [-0.2, 0) is 6.54 Å². The minimum Gasteiger partial charge on any atom is -0.331 e. The molecule has 136 valence electrons. The Morgan fingerprint density at radius 1 is 1.07 bits per heavy atom. The van der Waals surface area contributed by atoms with Crippen molar-refractivity contribution in [3.05, 3.63) is 82.9 Å². The van der Waals surface area contributed by atoms with Crippen LogP contribution in [0.1, 0.15) is 28.8 Å². The number of amides is 1. The highest BCUT2D eigenvalue weighted by atomic mass is 35.5. The maximum Gasteiger partial charge on any atom is 0.257 e. The van der Waals surface area contributed by atoms with Gasteiger partial charge in [0.25, 0.3) is 5.91 Å². The van der Waals surface area contributed by atoms with Gasteiger partial charge in [-0.15, -0.1) is 0 Å². The molecule has 3 aromatic rings. The minimum atomic E-state index is -0.406. The van der Waals surface area contributed by atoms with Gasteiger partial charge in [-0.2, -0.15) is 0 Å². The van der Waals surface area contributed by atoms with Crippen LogP contribution in [0.25, 0.3) is 11.4 Å². The van der Waals surface area contributed by atoms with E-state index in [2.05, 4.69) is 9.97 Å². The molecule has 1 amide bonds. The zero-order chi connectivity index (χ0) is 18.8. The predicted octanol–water partition coefficient (Wildman–Crippen LogP) is 4.74. The zero-order valence-electron chi connectivity index (χ0n) is 14.5. The molecule has 0 atom stereocenters. The van der Waals surface area contributed by atoms with E-state index >= 15 is 0 Å². The molecule has 2 aromatic carbocycles. The van der Waals surface area contributed by atoms with E-state index in [0.717, 1.165) is 18.4 Å². The number of carbonyl (C=O) groups excluding carboxylic acids is 1. The van der Waals surface area contributed by atoms with Crippen molar-refractivity contribution in [1.29, 1.82) is 0 Å². The molecule has 0 N–H and O–H groups in total. The maximum absolute atomic E-state index is 14.2. The van der Waals surface area contributed by atoms with Gasteiger partial charge in [-0.25, -0.2) is 14.4 Å². The van der Waals surface area contributed by atoms with Crippen LogP contribution < -0.4 is 0 Å². The molecular formula is C21H17ClFN3O. The third-order valence-electron chi connectivity index (χ3n) is 4.57. The fraction of sp³-hybridized carbons (Fsp3) is 0.190. The quantitative estimate of drug-likeness (QED) is 0.641. The average Bonchev–Trinajstić information content (AvgIpc) is 3.53. The van der Waals surface area contributed by atoms with Crippen LogP contribution in [0.3, 0.4) is 0 Å². The number of carbonyl (C=O) groups is 1.